The van der Waals surface area contributed by atoms with Gasteiger partial charge in [0.1, 0.15) is 0 Å². The number of nitrogens with one attached hydrogen (secondary N) is 1. The molecule has 0 amide bonds. The molecule has 18 heavy (non-hydrogen) atoms. The molecule has 1 N–H and O–H groups in total. The van der Waals surface area contributed by atoms with E-state index in [1.54, 1.807) is 11.3 Å². The number of rotatable bonds is 5. The third-order valence-electron chi connectivity index (χ3n) is 3.65. The minimum atomic E-state index is 0.635. The van der Waals surface area contributed by atoms with Crippen molar-refractivity contribution < 1.29 is 0 Å². The van der Waals surface area contributed by atoms with Crippen molar-refractivity contribution in [3.05, 3.63) is 23.5 Å². The lowest BCUT2D eigenvalue weighted by atomic mass is 10.3. The van der Waals surface area contributed by atoms with Crippen molar-refractivity contribution in [2.24, 2.45) is 0 Å². The van der Waals surface area contributed by atoms with E-state index in [2.05, 4.69) is 44.3 Å². The van der Waals surface area contributed by atoms with Crippen LogP contribution in [0.2, 0.25) is 0 Å². The monoisotopic (exact) mass is 264 g/mol. The Bertz CT molecular complexity index is 469. The average molecular weight is 264 g/mol. The van der Waals surface area contributed by atoms with Crippen molar-refractivity contribution in [2.75, 3.05) is 19.6 Å². The summed E-state index contributed by atoms with van der Waals surface area (Å²) in [5.74, 6) is 0. The van der Waals surface area contributed by atoms with Gasteiger partial charge in [-0.3, -0.25) is 9.30 Å². The van der Waals surface area contributed by atoms with Gasteiger partial charge in [0.15, 0.2) is 4.96 Å². The van der Waals surface area contributed by atoms with Crippen LogP contribution in [0.15, 0.2) is 17.8 Å². The van der Waals surface area contributed by atoms with E-state index < -0.39 is 0 Å². The predicted octanol–water partition coefficient (Wildman–Crippen LogP) is 1.97. The number of thiazole rings is 1. The fraction of sp³-hybridized carbons (Fsp3) is 0.615. The maximum Gasteiger partial charge on any atom is 0.193 e. The zero-order valence-corrected chi connectivity index (χ0v) is 11.6. The summed E-state index contributed by atoms with van der Waals surface area (Å²) in [7, 11) is 0. The topological polar surface area (TPSA) is 32.6 Å². The van der Waals surface area contributed by atoms with Crippen molar-refractivity contribution in [3.63, 3.8) is 0 Å². The average Bonchev–Trinajstić information content (AvgIpc) is 3.05. The van der Waals surface area contributed by atoms with Crippen LogP contribution in [0.1, 0.15) is 25.5 Å². The lowest BCUT2D eigenvalue weighted by Gasteiger charge is -2.23. The van der Waals surface area contributed by atoms with Crippen LogP contribution >= 0.6 is 11.3 Å². The van der Waals surface area contributed by atoms with E-state index in [4.69, 9.17) is 0 Å². The summed E-state index contributed by atoms with van der Waals surface area (Å²) in [6.07, 6.45) is 6.89. The predicted molar refractivity (Wildman–Crippen MR) is 75.0 cm³/mol. The van der Waals surface area contributed by atoms with E-state index in [0.717, 1.165) is 23.7 Å². The number of nitrogens with zero attached hydrogens (tertiary/aromatic N) is 3. The highest BCUT2D eigenvalue weighted by Gasteiger charge is 2.17. The Balaban J connectivity index is 1.47. The van der Waals surface area contributed by atoms with Crippen LogP contribution in [0.5, 0.6) is 0 Å². The Labute approximate surface area is 112 Å². The summed E-state index contributed by atoms with van der Waals surface area (Å²) < 4.78 is 2.09. The zero-order valence-electron chi connectivity index (χ0n) is 10.8. The molecule has 98 valence electrons. The minimum Gasteiger partial charge on any atom is -0.310 e. The van der Waals surface area contributed by atoms with Gasteiger partial charge in [-0.05, 0) is 32.9 Å². The third-order valence-corrected chi connectivity index (χ3v) is 4.42. The molecule has 1 fully saturated rings. The Morgan fingerprint density at radius 1 is 1.44 bits per heavy atom. The Morgan fingerprint density at radius 3 is 3.06 bits per heavy atom. The molecule has 1 saturated heterocycles. The molecule has 0 aromatic carbocycles. The van der Waals surface area contributed by atoms with Crippen molar-refractivity contribution in [1.82, 2.24) is 19.6 Å². The number of fused-ring (bicyclic) bond motifs is 1. The second kappa shape index (κ2) is 5.38. The first-order valence-corrected chi connectivity index (χ1v) is 7.57. The summed E-state index contributed by atoms with van der Waals surface area (Å²) in [6, 6.07) is 0.635. The van der Waals surface area contributed by atoms with Gasteiger partial charge >= 0.3 is 0 Å². The molecule has 0 spiro atoms. The van der Waals surface area contributed by atoms with Gasteiger partial charge in [0.05, 0.1) is 5.69 Å². The highest BCUT2D eigenvalue weighted by Crippen LogP contribution is 2.12. The highest BCUT2D eigenvalue weighted by molar-refractivity contribution is 7.15. The van der Waals surface area contributed by atoms with Crippen molar-refractivity contribution in [3.8, 4) is 0 Å². The number of hydrogen-bond acceptors (Lipinski definition) is 4. The first-order valence-electron chi connectivity index (χ1n) is 6.69. The van der Waals surface area contributed by atoms with Crippen LogP contribution in [0.3, 0.4) is 0 Å². The molecule has 0 saturated carbocycles. The zero-order chi connectivity index (χ0) is 12.4. The number of imidazole rings is 1. The number of aromatic nitrogens is 2. The molecule has 2 aromatic rings. The molecule has 1 unspecified atom stereocenters. The smallest absolute Gasteiger partial charge is 0.193 e. The molecule has 4 nitrogen and oxygen atoms in total. The SMILES string of the molecule is CC(CNCc1cn2ccsc2n1)N1CCCC1. The molecule has 5 heteroatoms. The second-order valence-electron chi connectivity index (χ2n) is 5.05. The number of hydrogen-bond donors (Lipinski definition) is 1. The number of likely N-dealkylation sites (tertiary alicyclic amines) is 1. The fourth-order valence-electron chi connectivity index (χ4n) is 2.58. The molecule has 3 rings (SSSR count). The van der Waals surface area contributed by atoms with Crippen LogP contribution in [0, 0.1) is 0 Å². The third kappa shape index (κ3) is 2.58. The molecule has 2 aromatic heterocycles. The van der Waals surface area contributed by atoms with Gasteiger partial charge in [-0.1, -0.05) is 0 Å². The van der Waals surface area contributed by atoms with Crippen LogP contribution < -0.4 is 5.32 Å². The van der Waals surface area contributed by atoms with E-state index in [1.165, 1.54) is 25.9 Å². The summed E-state index contributed by atoms with van der Waals surface area (Å²) >= 11 is 1.68. The van der Waals surface area contributed by atoms with Gasteiger partial charge in [0.25, 0.3) is 0 Å². The van der Waals surface area contributed by atoms with Crippen molar-refractivity contribution in [2.45, 2.75) is 32.4 Å². The lowest BCUT2D eigenvalue weighted by molar-refractivity contribution is 0.251. The maximum absolute atomic E-state index is 4.57. The summed E-state index contributed by atoms with van der Waals surface area (Å²) in [6.45, 7) is 6.76. The summed E-state index contributed by atoms with van der Waals surface area (Å²) in [5, 5.41) is 5.58. The largest absolute Gasteiger partial charge is 0.310 e. The van der Waals surface area contributed by atoms with Crippen LogP contribution in [-0.2, 0) is 6.54 Å². The van der Waals surface area contributed by atoms with E-state index in [0.29, 0.717) is 6.04 Å². The Hall–Kier alpha value is -0.910. The quantitative estimate of drug-likeness (QED) is 0.896. The molecule has 1 atom stereocenters. The minimum absolute atomic E-state index is 0.635. The molecular formula is C13H20N4S. The second-order valence-corrected chi connectivity index (χ2v) is 5.92. The lowest BCUT2D eigenvalue weighted by Crippen LogP contribution is -2.38. The van der Waals surface area contributed by atoms with E-state index in [-0.39, 0.29) is 0 Å². The van der Waals surface area contributed by atoms with E-state index >= 15 is 0 Å². The van der Waals surface area contributed by atoms with Gasteiger partial charge in [-0.25, -0.2) is 4.98 Å². The molecule has 0 radical (unpaired) electrons. The van der Waals surface area contributed by atoms with E-state index in [1.807, 2.05) is 0 Å². The first-order chi connectivity index (χ1) is 8.83. The summed E-state index contributed by atoms with van der Waals surface area (Å²) in [5.41, 5.74) is 1.13. The van der Waals surface area contributed by atoms with Crippen molar-refractivity contribution >= 4 is 16.3 Å². The molecule has 0 bridgehead atoms. The standard InChI is InChI=1S/C13H20N4S/c1-11(16-4-2-3-5-16)8-14-9-12-10-17-6-7-18-13(17)15-12/h6-7,10-11,14H,2-5,8-9H2,1H3. The fourth-order valence-corrected chi connectivity index (χ4v) is 3.30. The molecular weight excluding hydrogens is 244 g/mol. The normalized spacial score (nSPS) is 18.7. The van der Waals surface area contributed by atoms with E-state index in [9.17, 15) is 0 Å². The molecule has 0 aliphatic carbocycles. The Kier molecular flexibility index (Phi) is 3.63. The molecule has 1 aliphatic heterocycles. The van der Waals surface area contributed by atoms with Gasteiger partial charge in [0, 0.05) is 36.9 Å². The van der Waals surface area contributed by atoms with Crippen LogP contribution in [0.25, 0.3) is 4.96 Å². The van der Waals surface area contributed by atoms with Crippen molar-refractivity contribution in [1.29, 1.82) is 0 Å². The van der Waals surface area contributed by atoms with Gasteiger partial charge in [-0.15, -0.1) is 11.3 Å². The summed E-state index contributed by atoms with van der Waals surface area (Å²) in [4.78, 5) is 8.22. The first kappa shape index (κ1) is 12.1. The maximum atomic E-state index is 4.57. The molecule has 1 aliphatic rings. The van der Waals surface area contributed by atoms with Gasteiger partial charge in [0.2, 0.25) is 0 Å². The van der Waals surface area contributed by atoms with Crippen LogP contribution in [0.4, 0.5) is 0 Å². The Morgan fingerprint density at radius 2 is 2.28 bits per heavy atom. The highest BCUT2D eigenvalue weighted by atomic mass is 32.1. The molecule has 3 heterocycles. The van der Waals surface area contributed by atoms with Crippen LogP contribution in [-0.4, -0.2) is 40.0 Å². The van der Waals surface area contributed by atoms with Gasteiger partial charge < -0.3 is 5.32 Å². The van der Waals surface area contributed by atoms with Gasteiger partial charge in [-0.2, -0.15) is 0 Å².